The van der Waals surface area contributed by atoms with Crippen molar-refractivity contribution in [3.8, 4) is 0 Å². The molecule has 3 rings (SSSR count). The number of nitrogens with zero attached hydrogens (tertiary/aromatic N) is 4. The summed E-state index contributed by atoms with van der Waals surface area (Å²) >= 11 is 1.36. The summed E-state index contributed by atoms with van der Waals surface area (Å²) in [5, 5.41) is 12.1. The number of amides is 1. The number of nitrogens with two attached hydrogens (primary N) is 1. The largest absolute Gasteiger partial charge is 0.397 e. The minimum absolute atomic E-state index is 0.172. The molecule has 21 heavy (non-hydrogen) atoms. The SMILES string of the molecule is Cc1nn(C)c2sc(C(=O)NCc3ccnn3C)c(N)c12. The van der Waals surface area contributed by atoms with Crippen LogP contribution in [0.1, 0.15) is 21.1 Å². The van der Waals surface area contributed by atoms with Crippen molar-refractivity contribution in [2.24, 2.45) is 14.1 Å². The second-order valence-corrected chi connectivity index (χ2v) is 5.86. The summed E-state index contributed by atoms with van der Waals surface area (Å²) in [6.45, 7) is 2.31. The molecule has 0 spiro atoms. The lowest BCUT2D eigenvalue weighted by Crippen LogP contribution is -2.24. The molecule has 0 bridgehead atoms. The Labute approximate surface area is 125 Å². The van der Waals surface area contributed by atoms with Crippen molar-refractivity contribution in [3.05, 3.63) is 28.5 Å². The van der Waals surface area contributed by atoms with Crippen molar-refractivity contribution in [2.75, 3.05) is 5.73 Å². The van der Waals surface area contributed by atoms with Crippen molar-refractivity contribution in [3.63, 3.8) is 0 Å². The lowest BCUT2D eigenvalue weighted by molar-refractivity contribution is 0.0955. The number of carbonyl (C=O) groups excluding carboxylic acids is 1. The van der Waals surface area contributed by atoms with Gasteiger partial charge in [-0.2, -0.15) is 10.2 Å². The summed E-state index contributed by atoms with van der Waals surface area (Å²) in [7, 11) is 3.69. The van der Waals surface area contributed by atoms with Crippen LogP contribution in [-0.2, 0) is 20.6 Å². The first-order valence-electron chi connectivity index (χ1n) is 6.45. The number of aromatic nitrogens is 4. The van der Waals surface area contributed by atoms with Gasteiger partial charge >= 0.3 is 0 Å². The fraction of sp³-hybridized carbons (Fsp3) is 0.308. The Balaban J connectivity index is 1.86. The van der Waals surface area contributed by atoms with Crippen LogP contribution < -0.4 is 11.1 Å². The van der Waals surface area contributed by atoms with Crippen molar-refractivity contribution in [1.29, 1.82) is 0 Å². The summed E-state index contributed by atoms with van der Waals surface area (Å²) in [4.78, 5) is 13.8. The van der Waals surface area contributed by atoms with Crippen LogP contribution in [0.25, 0.3) is 10.2 Å². The molecule has 3 aromatic heterocycles. The number of nitrogens with one attached hydrogen (secondary N) is 1. The Kier molecular flexibility index (Phi) is 3.17. The smallest absolute Gasteiger partial charge is 0.263 e. The predicted molar refractivity (Wildman–Crippen MR) is 82.1 cm³/mol. The zero-order chi connectivity index (χ0) is 15.1. The summed E-state index contributed by atoms with van der Waals surface area (Å²) in [5.41, 5.74) is 8.39. The Hall–Kier alpha value is -2.35. The molecule has 110 valence electrons. The topological polar surface area (TPSA) is 90.8 Å². The Morgan fingerprint density at radius 2 is 2.19 bits per heavy atom. The summed E-state index contributed by atoms with van der Waals surface area (Å²) in [5.74, 6) is -0.172. The molecule has 0 saturated heterocycles. The number of fused-ring (bicyclic) bond motifs is 1. The number of aryl methyl sites for hydroxylation is 3. The maximum Gasteiger partial charge on any atom is 0.263 e. The van der Waals surface area contributed by atoms with E-state index in [-0.39, 0.29) is 5.91 Å². The van der Waals surface area contributed by atoms with Crippen LogP contribution in [0.3, 0.4) is 0 Å². The van der Waals surface area contributed by atoms with Gasteiger partial charge in [0.05, 0.1) is 29.0 Å². The number of anilines is 1. The quantitative estimate of drug-likeness (QED) is 0.760. The van der Waals surface area contributed by atoms with Gasteiger partial charge in [-0.25, -0.2) is 0 Å². The number of carbonyl (C=O) groups is 1. The molecule has 0 unspecified atom stereocenters. The van der Waals surface area contributed by atoms with Crippen LogP contribution in [0.5, 0.6) is 0 Å². The zero-order valence-corrected chi connectivity index (χ0v) is 12.9. The number of hydrogen-bond donors (Lipinski definition) is 2. The molecule has 7 nitrogen and oxygen atoms in total. The van der Waals surface area contributed by atoms with E-state index in [9.17, 15) is 4.79 Å². The van der Waals surface area contributed by atoms with E-state index in [1.807, 2.05) is 27.1 Å². The average Bonchev–Trinajstić information content (AvgIpc) is 3.06. The van der Waals surface area contributed by atoms with E-state index in [4.69, 9.17) is 5.73 Å². The molecule has 0 aliphatic rings. The van der Waals surface area contributed by atoms with E-state index >= 15 is 0 Å². The predicted octanol–water partition coefficient (Wildman–Crippen LogP) is 1.19. The lowest BCUT2D eigenvalue weighted by Gasteiger charge is -2.05. The Morgan fingerprint density at radius 1 is 1.43 bits per heavy atom. The maximum atomic E-state index is 12.3. The van der Waals surface area contributed by atoms with Crippen LogP contribution in [0.4, 0.5) is 5.69 Å². The van der Waals surface area contributed by atoms with E-state index in [1.54, 1.807) is 15.6 Å². The number of hydrogen-bond acceptors (Lipinski definition) is 5. The van der Waals surface area contributed by atoms with Crippen molar-refractivity contribution >= 4 is 33.1 Å². The lowest BCUT2D eigenvalue weighted by atomic mass is 10.2. The minimum Gasteiger partial charge on any atom is -0.397 e. The van der Waals surface area contributed by atoms with Crippen LogP contribution in [-0.4, -0.2) is 25.5 Å². The highest BCUT2D eigenvalue weighted by Gasteiger charge is 2.20. The molecule has 3 heterocycles. The molecule has 0 aliphatic carbocycles. The fourth-order valence-electron chi connectivity index (χ4n) is 2.32. The van der Waals surface area contributed by atoms with Crippen molar-refractivity contribution in [1.82, 2.24) is 24.9 Å². The molecule has 0 fully saturated rings. The Morgan fingerprint density at radius 3 is 2.81 bits per heavy atom. The zero-order valence-electron chi connectivity index (χ0n) is 12.0. The van der Waals surface area contributed by atoms with Crippen molar-refractivity contribution < 1.29 is 4.79 Å². The molecule has 0 aromatic carbocycles. The molecule has 3 aromatic rings. The molecule has 0 radical (unpaired) electrons. The first-order chi connectivity index (χ1) is 9.99. The van der Waals surface area contributed by atoms with Crippen LogP contribution in [0, 0.1) is 6.92 Å². The van der Waals surface area contributed by atoms with Gasteiger partial charge in [0.25, 0.3) is 5.91 Å². The summed E-state index contributed by atoms with van der Waals surface area (Å²) in [6.07, 6.45) is 1.70. The third kappa shape index (κ3) is 2.17. The average molecular weight is 304 g/mol. The number of nitrogen functional groups attached to an aromatic ring is 1. The summed E-state index contributed by atoms with van der Waals surface area (Å²) < 4.78 is 3.48. The molecule has 0 atom stereocenters. The van der Waals surface area contributed by atoms with E-state index in [0.717, 1.165) is 21.6 Å². The highest BCUT2D eigenvalue weighted by Crippen LogP contribution is 2.35. The van der Waals surface area contributed by atoms with Gasteiger partial charge in [0.15, 0.2) is 0 Å². The molecule has 1 amide bonds. The van der Waals surface area contributed by atoms with Crippen LogP contribution in [0.2, 0.25) is 0 Å². The van der Waals surface area contributed by atoms with Gasteiger partial charge in [-0.15, -0.1) is 11.3 Å². The fourth-order valence-corrected chi connectivity index (χ4v) is 3.43. The summed E-state index contributed by atoms with van der Waals surface area (Å²) in [6, 6.07) is 1.86. The number of thiophene rings is 1. The molecular formula is C13H16N6OS. The van der Waals surface area contributed by atoms with Gasteiger partial charge in [0, 0.05) is 20.3 Å². The van der Waals surface area contributed by atoms with Gasteiger partial charge in [-0.1, -0.05) is 0 Å². The monoisotopic (exact) mass is 304 g/mol. The highest BCUT2D eigenvalue weighted by atomic mass is 32.1. The van der Waals surface area contributed by atoms with Crippen LogP contribution >= 0.6 is 11.3 Å². The van der Waals surface area contributed by atoms with Crippen LogP contribution in [0.15, 0.2) is 12.3 Å². The Bertz CT molecular complexity index is 827. The standard InChI is InChI=1S/C13H16N6OS/c1-7-9-10(14)11(21-13(9)19(3)17-7)12(20)15-6-8-4-5-16-18(8)2/h4-5H,6,14H2,1-3H3,(H,15,20). The molecule has 8 heteroatoms. The van der Waals surface area contributed by atoms with Gasteiger partial charge in [-0.05, 0) is 13.0 Å². The third-order valence-electron chi connectivity index (χ3n) is 3.44. The van der Waals surface area contributed by atoms with Crippen molar-refractivity contribution in [2.45, 2.75) is 13.5 Å². The highest BCUT2D eigenvalue weighted by molar-refractivity contribution is 7.21. The van der Waals surface area contributed by atoms with E-state index < -0.39 is 0 Å². The second kappa shape index (κ2) is 4.88. The van der Waals surface area contributed by atoms with E-state index in [1.165, 1.54) is 11.3 Å². The van der Waals surface area contributed by atoms with Gasteiger partial charge < -0.3 is 11.1 Å². The van der Waals surface area contributed by atoms with E-state index in [0.29, 0.717) is 17.1 Å². The third-order valence-corrected chi connectivity index (χ3v) is 4.71. The first-order valence-corrected chi connectivity index (χ1v) is 7.27. The van der Waals surface area contributed by atoms with Gasteiger partial charge in [0.1, 0.15) is 9.71 Å². The van der Waals surface area contributed by atoms with Gasteiger partial charge in [-0.3, -0.25) is 14.2 Å². The molecule has 0 saturated carbocycles. The van der Waals surface area contributed by atoms with Gasteiger partial charge in [0.2, 0.25) is 0 Å². The normalized spacial score (nSPS) is 11.2. The molecule has 0 aliphatic heterocycles. The molecular weight excluding hydrogens is 288 g/mol. The first kappa shape index (κ1) is 13.6. The minimum atomic E-state index is -0.172. The second-order valence-electron chi connectivity index (χ2n) is 4.86. The maximum absolute atomic E-state index is 12.3. The number of rotatable bonds is 3. The molecule has 3 N–H and O–H groups in total. The van der Waals surface area contributed by atoms with E-state index in [2.05, 4.69) is 15.5 Å².